The summed E-state index contributed by atoms with van der Waals surface area (Å²) < 4.78 is 3.09. The van der Waals surface area contributed by atoms with Crippen molar-refractivity contribution in [2.75, 3.05) is 5.32 Å². The van der Waals surface area contributed by atoms with Gasteiger partial charge in [-0.3, -0.25) is 0 Å². The SMILES string of the molecule is Cc1cnc(NCc2nccn2C)c2cccc(Br)c12. The Labute approximate surface area is 126 Å². The number of benzene rings is 1. The number of hydrogen-bond acceptors (Lipinski definition) is 3. The van der Waals surface area contributed by atoms with Gasteiger partial charge in [0.15, 0.2) is 0 Å². The molecule has 20 heavy (non-hydrogen) atoms. The van der Waals surface area contributed by atoms with E-state index in [4.69, 9.17) is 0 Å². The van der Waals surface area contributed by atoms with Crippen molar-refractivity contribution in [3.63, 3.8) is 0 Å². The van der Waals surface area contributed by atoms with Crippen LogP contribution in [0.4, 0.5) is 5.82 Å². The van der Waals surface area contributed by atoms with Gasteiger partial charge in [0.2, 0.25) is 0 Å². The van der Waals surface area contributed by atoms with E-state index in [1.54, 1.807) is 6.20 Å². The van der Waals surface area contributed by atoms with Gasteiger partial charge < -0.3 is 9.88 Å². The van der Waals surface area contributed by atoms with E-state index in [9.17, 15) is 0 Å². The fourth-order valence-corrected chi connectivity index (χ4v) is 2.97. The van der Waals surface area contributed by atoms with Gasteiger partial charge in [-0.25, -0.2) is 9.97 Å². The van der Waals surface area contributed by atoms with Crippen LogP contribution in [0.1, 0.15) is 11.4 Å². The Bertz CT molecular complexity index is 755. The van der Waals surface area contributed by atoms with Crippen LogP contribution >= 0.6 is 15.9 Å². The van der Waals surface area contributed by atoms with Gasteiger partial charge in [0, 0.05) is 40.9 Å². The highest BCUT2D eigenvalue weighted by molar-refractivity contribution is 9.10. The van der Waals surface area contributed by atoms with Gasteiger partial charge in [-0.15, -0.1) is 0 Å². The lowest BCUT2D eigenvalue weighted by Crippen LogP contribution is -2.07. The molecule has 0 unspecified atom stereocenters. The molecule has 0 radical (unpaired) electrons. The van der Waals surface area contributed by atoms with E-state index in [0.29, 0.717) is 6.54 Å². The number of aryl methyl sites for hydroxylation is 2. The molecule has 3 aromatic rings. The van der Waals surface area contributed by atoms with Crippen LogP contribution in [0.5, 0.6) is 0 Å². The van der Waals surface area contributed by atoms with E-state index in [1.807, 2.05) is 30.1 Å². The van der Waals surface area contributed by atoms with Crippen LogP contribution in [0.15, 0.2) is 41.3 Å². The Kier molecular flexibility index (Phi) is 3.44. The number of halogens is 1. The summed E-state index contributed by atoms with van der Waals surface area (Å²) in [6, 6.07) is 6.16. The molecule has 0 amide bonds. The van der Waals surface area contributed by atoms with Crippen LogP contribution < -0.4 is 5.32 Å². The summed E-state index contributed by atoms with van der Waals surface area (Å²) in [4.78, 5) is 8.82. The van der Waals surface area contributed by atoms with E-state index in [1.165, 1.54) is 5.39 Å². The third kappa shape index (κ3) is 2.29. The number of aromatic nitrogens is 3. The summed E-state index contributed by atoms with van der Waals surface area (Å²) in [6.07, 6.45) is 5.64. The van der Waals surface area contributed by atoms with Gasteiger partial charge in [-0.1, -0.05) is 28.1 Å². The van der Waals surface area contributed by atoms with Gasteiger partial charge in [-0.2, -0.15) is 0 Å². The second kappa shape index (κ2) is 5.25. The number of rotatable bonds is 3. The van der Waals surface area contributed by atoms with Gasteiger partial charge in [0.05, 0.1) is 6.54 Å². The molecule has 0 saturated carbocycles. The highest BCUT2D eigenvalue weighted by Gasteiger charge is 2.08. The summed E-state index contributed by atoms with van der Waals surface area (Å²) in [5, 5.41) is 5.69. The van der Waals surface area contributed by atoms with Crippen molar-refractivity contribution in [2.24, 2.45) is 7.05 Å². The average molecular weight is 331 g/mol. The number of nitrogens with zero attached hydrogens (tertiary/aromatic N) is 3. The Balaban J connectivity index is 1.98. The predicted molar refractivity (Wildman–Crippen MR) is 84.7 cm³/mol. The summed E-state index contributed by atoms with van der Waals surface area (Å²) in [6.45, 7) is 2.73. The molecule has 0 spiro atoms. The summed E-state index contributed by atoms with van der Waals surface area (Å²) in [5.74, 6) is 1.87. The van der Waals surface area contributed by atoms with Gasteiger partial charge in [0.25, 0.3) is 0 Å². The second-order valence-corrected chi connectivity index (χ2v) is 5.61. The van der Waals surface area contributed by atoms with E-state index < -0.39 is 0 Å². The quantitative estimate of drug-likeness (QED) is 0.797. The molecular weight excluding hydrogens is 316 g/mol. The Hall–Kier alpha value is -1.88. The molecular formula is C15H15BrN4. The molecule has 0 atom stereocenters. The summed E-state index contributed by atoms with van der Waals surface area (Å²) >= 11 is 3.61. The Morgan fingerprint density at radius 1 is 1.30 bits per heavy atom. The first-order valence-corrected chi connectivity index (χ1v) is 7.20. The van der Waals surface area contributed by atoms with Crippen LogP contribution in [-0.4, -0.2) is 14.5 Å². The zero-order chi connectivity index (χ0) is 14.1. The monoisotopic (exact) mass is 330 g/mol. The van der Waals surface area contributed by atoms with Crippen molar-refractivity contribution < 1.29 is 0 Å². The molecule has 0 fully saturated rings. The molecule has 4 nitrogen and oxygen atoms in total. The average Bonchev–Trinajstić information content (AvgIpc) is 2.84. The molecule has 2 heterocycles. The molecule has 5 heteroatoms. The number of fused-ring (bicyclic) bond motifs is 1. The van der Waals surface area contributed by atoms with Crippen LogP contribution in [0, 0.1) is 6.92 Å². The Morgan fingerprint density at radius 2 is 2.15 bits per heavy atom. The molecule has 0 saturated heterocycles. The largest absolute Gasteiger partial charge is 0.362 e. The third-order valence-corrected chi connectivity index (χ3v) is 4.05. The van der Waals surface area contributed by atoms with E-state index in [0.717, 1.165) is 27.1 Å². The standard InChI is InChI=1S/C15H15BrN4/c1-10-8-18-15(11-4-3-5-12(16)14(10)11)19-9-13-17-6-7-20(13)2/h3-8H,9H2,1-2H3,(H,18,19). The number of pyridine rings is 1. The van der Waals surface area contributed by atoms with Gasteiger partial charge in [-0.05, 0) is 18.6 Å². The van der Waals surface area contributed by atoms with Crippen LogP contribution in [0.25, 0.3) is 10.8 Å². The van der Waals surface area contributed by atoms with Crippen LogP contribution in [-0.2, 0) is 13.6 Å². The Morgan fingerprint density at radius 3 is 2.90 bits per heavy atom. The predicted octanol–water partition coefficient (Wildman–Crippen LogP) is 3.65. The summed E-state index contributed by atoms with van der Waals surface area (Å²) in [7, 11) is 1.99. The van der Waals surface area contributed by atoms with Crippen molar-refractivity contribution in [2.45, 2.75) is 13.5 Å². The smallest absolute Gasteiger partial charge is 0.134 e. The lowest BCUT2D eigenvalue weighted by atomic mass is 10.1. The molecule has 2 aromatic heterocycles. The van der Waals surface area contributed by atoms with Crippen molar-refractivity contribution >= 4 is 32.5 Å². The van der Waals surface area contributed by atoms with E-state index >= 15 is 0 Å². The van der Waals surface area contributed by atoms with Crippen LogP contribution in [0.2, 0.25) is 0 Å². The minimum Gasteiger partial charge on any atom is -0.362 e. The zero-order valence-electron chi connectivity index (χ0n) is 11.4. The first kappa shape index (κ1) is 13.1. The highest BCUT2D eigenvalue weighted by atomic mass is 79.9. The number of hydrogen-bond donors (Lipinski definition) is 1. The maximum Gasteiger partial charge on any atom is 0.134 e. The lowest BCUT2D eigenvalue weighted by Gasteiger charge is -2.11. The topological polar surface area (TPSA) is 42.7 Å². The number of anilines is 1. The van der Waals surface area contributed by atoms with Gasteiger partial charge >= 0.3 is 0 Å². The third-order valence-electron chi connectivity index (χ3n) is 3.39. The normalized spacial score (nSPS) is 10.9. The highest BCUT2D eigenvalue weighted by Crippen LogP contribution is 2.30. The number of imidazole rings is 1. The molecule has 0 aliphatic heterocycles. The molecule has 1 N–H and O–H groups in total. The molecule has 102 valence electrons. The molecule has 1 aromatic carbocycles. The van der Waals surface area contributed by atoms with Crippen LogP contribution in [0.3, 0.4) is 0 Å². The maximum atomic E-state index is 4.51. The van der Waals surface area contributed by atoms with Crippen molar-refractivity contribution in [3.8, 4) is 0 Å². The lowest BCUT2D eigenvalue weighted by molar-refractivity contribution is 0.811. The zero-order valence-corrected chi connectivity index (χ0v) is 13.0. The second-order valence-electron chi connectivity index (χ2n) is 4.76. The molecule has 0 aliphatic rings. The fraction of sp³-hybridized carbons (Fsp3) is 0.200. The molecule has 3 rings (SSSR count). The van der Waals surface area contributed by atoms with E-state index in [-0.39, 0.29) is 0 Å². The van der Waals surface area contributed by atoms with Crippen molar-refractivity contribution in [3.05, 3.63) is 52.7 Å². The minimum atomic E-state index is 0.654. The van der Waals surface area contributed by atoms with Crippen molar-refractivity contribution in [1.29, 1.82) is 0 Å². The van der Waals surface area contributed by atoms with Gasteiger partial charge in [0.1, 0.15) is 11.6 Å². The summed E-state index contributed by atoms with van der Waals surface area (Å²) in [5.41, 5.74) is 1.16. The van der Waals surface area contributed by atoms with E-state index in [2.05, 4.69) is 50.3 Å². The fourth-order valence-electron chi connectivity index (χ4n) is 2.29. The molecule has 0 bridgehead atoms. The first-order chi connectivity index (χ1) is 9.66. The number of nitrogens with one attached hydrogen (secondary N) is 1. The molecule has 0 aliphatic carbocycles. The first-order valence-electron chi connectivity index (χ1n) is 6.40. The van der Waals surface area contributed by atoms with Crippen molar-refractivity contribution in [1.82, 2.24) is 14.5 Å². The minimum absolute atomic E-state index is 0.654. The maximum absolute atomic E-state index is 4.51.